The van der Waals surface area contributed by atoms with Crippen molar-refractivity contribution in [2.24, 2.45) is 5.92 Å². The van der Waals surface area contributed by atoms with Gasteiger partial charge < -0.3 is 15.0 Å². The molecule has 1 N–H and O–H groups in total. The van der Waals surface area contributed by atoms with Crippen molar-refractivity contribution in [1.29, 1.82) is 0 Å². The third-order valence-corrected chi connectivity index (χ3v) is 7.13. The summed E-state index contributed by atoms with van der Waals surface area (Å²) >= 11 is 21.8. The first kappa shape index (κ1) is 29.3. The highest BCUT2D eigenvalue weighted by Gasteiger charge is 2.31. The molecule has 0 bridgehead atoms. The van der Waals surface area contributed by atoms with E-state index in [1.165, 1.54) is 4.90 Å². The van der Waals surface area contributed by atoms with Gasteiger partial charge in [-0.3, -0.25) is 9.59 Å². The molecule has 196 valence electrons. The normalized spacial score (nSPS) is 11.8. The van der Waals surface area contributed by atoms with E-state index in [0.717, 1.165) is 11.1 Å². The second kappa shape index (κ2) is 14.1. The summed E-state index contributed by atoms with van der Waals surface area (Å²) in [6.45, 7) is 4.40. The molecule has 5 nitrogen and oxygen atoms in total. The zero-order chi connectivity index (χ0) is 26.9. The van der Waals surface area contributed by atoms with Crippen LogP contribution in [0, 0.1) is 5.92 Å². The number of benzene rings is 3. The van der Waals surface area contributed by atoms with E-state index in [-0.39, 0.29) is 30.9 Å². The Morgan fingerprint density at radius 3 is 2.32 bits per heavy atom. The van der Waals surface area contributed by atoms with Crippen LogP contribution in [0.1, 0.15) is 25.0 Å². The number of amides is 2. The van der Waals surface area contributed by atoms with Gasteiger partial charge in [0.1, 0.15) is 11.8 Å². The number of nitrogens with one attached hydrogen (secondary N) is 1. The van der Waals surface area contributed by atoms with Crippen LogP contribution < -0.4 is 10.1 Å². The topological polar surface area (TPSA) is 58.6 Å². The number of carbonyl (C=O) groups is 2. The van der Waals surface area contributed by atoms with Gasteiger partial charge in [0.05, 0.1) is 14.5 Å². The smallest absolute Gasteiger partial charge is 0.261 e. The molecule has 0 spiro atoms. The molecule has 0 aliphatic heterocycles. The Labute approximate surface area is 241 Å². The number of hydrogen-bond donors (Lipinski definition) is 1. The van der Waals surface area contributed by atoms with Gasteiger partial charge in [0.25, 0.3) is 5.91 Å². The molecule has 0 radical (unpaired) electrons. The van der Waals surface area contributed by atoms with E-state index < -0.39 is 6.04 Å². The van der Waals surface area contributed by atoms with E-state index in [4.69, 9.17) is 39.5 Å². The number of carbonyl (C=O) groups excluding carboxylic acids is 2. The second-order valence-corrected chi connectivity index (χ2v) is 11.1. The molecular weight excluding hydrogens is 599 g/mol. The van der Waals surface area contributed by atoms with Crippen LogP contribution in [0.5, 0.6) is 5.75 Å². The van der Waals surface area contributed by atoms with Crippen molar-refractivity contribution in [3.8, 4) is 5.75 Å². The first-order valence-corrected chi connectivity index (χ1v) is 13.7. The Kier molecular flexibility index (Phi) is 11.1. The quantitative estimate of drug-likeness (QED) is 0.245. The monoisotopic (exact) mass is 624 g/mol. The summed E-state index contributed by atoms with van der Waals surface area (Å²) in [5.74, 6) is 0.134. The highest BCUT2D eigenvalue weighted by Crippen LogP contribution is 2.28. The Morgan fingerprint density at radius 2 is 1.68 bits per heavy atom. The first-order valence-electron chi connectivity index (χ1n) is 11.8. The lowest BCUT2D eigenvalue weighted by Gasteiger charge is -2.32. The van der Waals surface area contributed by atoms with Gasteiger partial charge in [-0.25, -0.2) is 0 Å². The third kappa shape index (κ3) is 8.92. The van der Waals surface area contributed by atoms with E-state index in [0.29, 0.717) is 38.3 Å². The van der Waals surface area contributed by atoms with E-state index in [1.54, 1.807) is 36.4 Å². The van der Waals surface area contributed by atoms with Crippen LogP contribution in [0.25, 0.3) is 0 Å². The van der Waals surface area contributed by atoms with Crippen LogP contribution in [-0.2, 0) is 22.6 Å². The zero-order valence-corrected chi connectivity index (χ0v) is 24.4. The molecule has 9 heteroatoms. The van der Waals surface area contributed by atoms with Gasteiger partial charge in [0, 0.05) is 24.5 Å². The largest absolute Gasteiger partial charge is 0.483 e. The van der Waals surface area contributed by atoms with Crippen molar-refractivity contribution in [3.63, 3.8) is 0 Å². The summed E-state index contributed by atoms with van der Waals surface area (Å²) in [7, 11) is 0. The van der Waals surface area contributed by atoms with Gasteiger partial charge in [0.15, 0.2) is 6.61 Å². The Hall–Kier alpha value is -2.25. The van der Waals surface area contributed by atoms with E-state index in [9.17, 15) is 9.59 Å². The molecule has 3 rings (SSSR count). The number of hydrogen-bond acceptors (Lipinski definition) is 3. The zero-order valence-electron chi connectivity index (χ0n) is 20.5. The average Bonchev–Trinajstić information content (AvgIpc) is 2.86. The lowest BCUT2D eigenvalue weighted by molar-refractivity contribution is -0.142. The van der Waals surface area contributed by atoms with Crippen molar-refractivity contribution >= 4 is 62.5 Å². The van der Waals surface area contributed by atoms with E-state index >= 15 is 0 Å². The molecule has 0 aliphatic carbocycles. The fourth-order valence-corrected chi connectivity index (χ4v) is 4.74. The maximum Gasteiger partial charge on any atom is 0.261 e. The van der Waals surface area contributed by atoms with Crippen molar-refractivity contribution in [3.05, 3.63) is 97.4 Å². The SMILES string of the molecule is CC(C)CNC(=O)[C@@H](Cc1ccccc1)N(Cc1ccc(Cl)c(Cl)c1)C(=O)COc1ccc(Cl)cc1Br. The Bertz CT molecular complexity index is 1220. The summed E-state index contributed by atoms with van der Waals surface area (Å²) < 4.78 is 6.44. The Morgan fingerprint density at radius 1 is 0.946 bits per heavy atom. The summed E-state index contributed by atoms with van der Waals surface area (Å²) in [6.07, 6.45) is 0.336. The lowest BCUT2D eigenvalue weighted by atomic mass is 10.0. The summed E-state index contributed by atoms with van der Waals surface area (Å²) in [5.41, 5.74) is 1.67. The minimum absolute atomic E-state index is 0.146. The first-order chi connectivity index (χ1) is 17.6. The van der Waals surface area contributed by atoms with Gasteiger partial charge in [-0.05, 0) is 63.3 Å². The van der Waals surface area contributed by atoms with Crippen molar-refractivity contribution in [2.75, 3.05) is 13.2 Å². The predicted octanol–water partition coefficient (Wildman–Crippen LogP) is 7.20. The fraction of sp³-hybridized carbons (Fsp3) is 0.286. The van der Waals surface area contributed by atoms with E-state index in [2.05, 4.69) is 21.2 Å². The van der Waals surface area contributed by atoms with Crippen LogP contribution >= 0.6 is 50.7 Å². The van der Waals surface area contributed by atoms with Crippen molar-refractivity contribution in [2.45, 2.75) is 32.9 Å². The van der Waals surface area contributed by atoms with Gasteiger partial charge >= 0.3 is 0 Å². The third-order valence-electron chi connectivity index (χ3n) is 5.54. The average molecular weight is 627 g/mol. The minimum atomic E-state index is -0.777. The number of ether oxygens (including phenoxy) is 1. The molecule has 0 saturated heterocycles. The summed E-state index contributed by atoms with van der Waals surface area (Å²) in [6, 6.07) is 19.0. The number of rotatable bonds is 11. The van der Waals surface area contributed by atoms with Gasteiger partial charge in [-0.2, -0.15) is 0 Å². The van der Waals surface area contributed by atoms with Gasteiger partial charge in [0.2, 0.25) is 5.91 Å². The van der Waals surface area contributed by atoms with Crippen molar-refractivity contribution in [1.82, 2.24) is 10.2 Å². The van der Waals surface area contributed by atoms with Crippen LogP contribution in [0.2, 0.25) is 15.1 Å². The molecule has 0 unspecified atom stereocenters. The fourth-order valence-electron chi connectivity index (χ4n) is 3.63. The molecule has 0 aliphatic rings. The molecule has 0 fully saturated rings. The van der Waals surface area contributed by atoms with Crippen LogP contribution in [0.4, 0.5) is 0 Å². The lowest BCUT2D eigenvalue weighted by Crippen LogP contribution is -2.52. The molecule has 3 aromatic rings. The predicted molar refractivity (Wildman–Crippen MR) is 153 cm³/mol. The van der Waals surface area contributed by atoms with Gasteiger partial charge in [-0.1, -0.05) is 85.0 Å². The minimum Gasteiger partial charge on any atom is -0.483 e. The van der Waals surface area contributed by atoms with Crippen LogP contribution in [0.3, 0.4) is 0 Å². The standard InChI is InChI=1S/C28H28BrCl3N2O3/c1-18(2)15-33-28(36)25(13-19-6-4-3-5-7-19)34(16-20-8-10-23(31)24(32)12-20)27(35)17-37-26-11-9-21(30)14-22(26)29/h3-12,14,18,25H,13,15-17H2,1-2H3,(H,33,36)/t25-/m1/s1. The second-order valence-electron chi connectivity index (χ2n) is 8.98. The van der Waals surface area contributed by atoms with Crippen LogP contribution in [-0.4, -0.2) is 35.9 Å². The van der Waals surface area contributed by atoms with Gasteiger partial charge in [-0.15, -0.1) is 0 Å². The molecule has 37 heavy (non-hydrogen) atoms. The Balaban J connectivity index is 1.93. The number of halogens is 4. The molecule has 0 saturated carbocycles. The molecule has 0 aromatic heterocycles. The highest BCUT2D eigenvalue weighted by molar-refractivity contribution is 9.10. The maximum absolute atomic E-state index is 13.6. The summed E-state index contributed by atoms with van der Waals surface area (Å²) in [5, 5.41) is 4.31. The molecular formula is C28H28BrCl3N2O3. The summed E-state index contributed by atoms with van der Waals surface area (Å²) in [4.78, 5) is 28.6. The molecule has 0 heterocycles. The number of nitrogens with zero attached hydrogens (tertiary/aromatic N) is 1. The van der Waals surface area contributed by atoms with Crippen LogP contribution in [0.15, 0.2) is 71.2 Å². The van der Waals surface area contributed by atoms with Crippen molar-refractivity contribution < 1.29 is 14.3 Å². The molecule has 2 amide bonds. The highest BCUT2D eigenvalue weighted by atomic mass is 79.9. The van der Waals surface area contributed by atoms with E-state index in [1.807, 2.05) is 44.2 Å². The maximum atomic E-state index is 13.6. The molecule has 1 atom stereocenters. The molecule has 3 aromatic carbocycles.